The van der Waals surface area contributed by atoms with Gasteiger partial charge in [0, 0.05) is 56.7 Å². The molecule has 9 nitrogen and oxygen atoms in total. The number of hydrogen-bond donors (Lipinski definition) is 2. The van der Waals surface area contributed by atoms with Crippen LogP contribution >= 0.6 is 0 Å². The predicted octanol–water partition coefficient (Wildman–Crippen LogP) is 3.72. The van der Waals surface area contributed by atoms with Crippen LogP contribution in [0.4, 0.5) is 32.2 Å². The normalized spacial score (nSPS) is 13.9. The fourth-order valence-electron chi connectivity index (χ4n) is 2.85. The van der Waals surface area contributed by atoms with Gasteiger partial charge in [0.15, 0.2) is 0 Å². The summed E-state index contributed by atoms with van der Waals surface area (Å²) in [6.07, 6.45) is -6.61. The lowest BCUT2D eigenvalue weighted by atomic mass is 10.2. The molecule has 2 aromatic rings. The number of carboxylic acids is 2. The molecule has 3 rings (SSSR count). The van der Waals surface area contributed by atoms with E-state index in [1.54, 1.807) is 13.4 Å². The molecule has 0 unspecified atom stereocenters. The first-order valence-electron chi connectivity index (χ1n) is 10.2. The molecule has 0 aliphatic carbocycles. The van der Waals surface area contributed by atoms with Crippen LogP contribution in [0.5, 0.6) is 0 Å². The molecule has 0 radical (unpaired) electrons. The molecular formula is C21H25F6N3O6. The van der Waals surface area contributed by atoms with Gasteiger partial charge in [0.1, 0.15) is 5.82 Å². The van der Waals surface area contributed by atoms with Gasteiger partial charge in [0.25, 0.3) is 0 Å². The molecule has 0 amide bonds. The Morgan fingerprint density at radius 1 is 1.06 bits per heavy atom. The van der Waals surface area contributed by atoms with Crippen LogP contribution in [0, 0.1) is 6.92 Å². The van der Waals surface area contributed by atoms with Crippen molar-refractivity contribution in [1.82, 2.24) is 9.88 Å². The predicted molar refractivity (Wildman–Crippen MR) is 113 cm³/mol. The molecule has 0 spiro atoms. The van der Waals surface area contributed by atoms with Crippen LogP contribution in [0.15, 0.2) is 35.1 Å². The van der Waals surface area contributed by atoms with E-state index in [-0.39, 0.29) is 0 Å². The van der Waals surface area contributed by atoms with Crippen molar-refractivity contribution < 1.29 is 55.3 Å². The summed E-state index contributed by atoms with van der Waals surface area (Å²) in [6, 6.07) is 6.32. The second-order valence-corrected chi connectivity index (χ2v) is 7.36. The first-order chi connectivity index (χ1) is 16.6. The number of carboxylic acid groups (broad SMARTS) is 2. The minimum absolute atomic E-state index is 0.719. The van der Waals surface area contributed by atoms with Gasteiger partial charge in [-0.25, -0.2) is 14.6 Å². The van der Waals surface area contributed by atoms with Gasteiger partial charge in [-0.3, -0.25) is 4.90 Å². The van der Waals surface area contributed by atoms with Gasteiger partial charge in [0.2, 0.25) is 0 Å². The molecule has 0 bridgehead atoms. The van der Waals surface area contributed by atoms with E-state index in [0.29, 0.717) is 0 Å². The van der Waals surface area contributed by atoms with Crippen LogP contribution in [0.3, 0.4) is 0 Å². The van der Waals surface area contributed by atoms with Crippen LogP contribution in [0.2, 0.25) is 0 Å². The van der Waals surface area contributed by atoms with Crippen LogP contribution in [-0.4, -0.2) is 77.7 Å². The third-order valence-electron chi connectivity index (χ3n) is 4.51. The number of anilines is 1. The number of ether oxygens (including phenoxy) is 1. The largest absolute Gasteiger partial charge is 0.490 e. The molecule has 15 heteroatoms. The number of alkyl halides is 6. The second kappa shape index (κ2) is 13.7. The van der Waals surface area contributed by atoms with Crippen molar-refractivity contribution in [2.24, 2.45) is 0 Å². The number of pyridine rings is 1. The summed E-state index contributed by atoms with van der Waals surface area (Å²) in [7, 11) is 1.74. The van der Waals surface area contributed by atoms with E-state index in [1.807, 2.05) is 19.3 Å². The lowest BCUT2D eigenvalue weighted by molar-refractivity contribution is -0.193. The quantitative estimate of drug-likeness (QED) is 0.559. The lowest BCUT2D eigenvalue weighted by Gasteiger charge is -2.23. The van der Waals surface area contributed by atoms with E-state index in [1.165, 1.54) is 11.1 Å². The van der Waals surface area contributed by atoms with Crippen LogP contribution in [0.25, 0.3) is 0 Å². The molecule has 36 heavy (non-hydrogen) atoms. The van der Waals surface area contributed by atoms with Crippen molar-refractivity contribution >= 4 is 17.8 Å². The third kappa shape index (κ3) is 10.9. The van der Waals surface area contributed by atoms with Crippen LogP contribution in [0.1, 0.15) is 16.8 Å². The van der Waals surface area contributed by atoms with E-state index in [2.05, 4.69) is 21.9 Å². The summed E-state index contributed by atoms with van der Waals surface area (Å²) >= 11 is 0. The Balaban J connectivity index is 0.000000383. The lowest BCUT2D eigenvalue weighted by Crippen LogP contribution is -2.33. The highest BCUT2D eigenvalue weighted by molar-refractivity contribution is 5.73. The van der Waals surface area contributed by atoms with Crippen molar-refractivity contribution in [2.75, 3.05) is 38.3 Å². The molecule has 202 valence electrons. The van der Waals surface area contributed by atoms with E-state index in [0.717, 1.165) is 50.8 Å². The molecule has 2 N–H and O–H groups in total. The Morgan fingerprint density at radius 2 is 1.64 bits per heavy atom. The number of hydrogen-bond acceptors (Lipinski definition) is 7. The summed E-state index contributed by atoms with van der Waals surface area (Å²) in [5.41, 5.74) is 3.55. The molecule has 0 saturated carbocycles. The first-order valence-corrected chi connectivity index (χ1v) is 10.2. The first kappa shape index (κ1) is 30.7. The van der Waals surface area contributed by atoms with Crippen molar-refractivity contribution in [1.29, 1.82) is 0 Å². The van der Waals surface area contributed by atoms with Crippen molar-refractivity contribution in [3.63, 3.8) is 0 Å². The number of rotatable bonds is 5. The molecule has 1 aliphatic rings. The van der Waals surface area contributed by atoms with Gasteiger partial charge >= 0.3 is 24.3 Å². The minimum atomic E-state index is -5.08. The fourth-order valence-corrected chi connectivity index (χ4v) is 2.85. The number of nitrogens with zero attached hydrogens (tertiary/aromatic N) is 3. The zero-order valence-electron chi connectivity index (χ0n) is 19.3. The van der Waals surface area contributed by atoms with Crippen molar-refractivity contribution in [3.8, 4) is 0 Å². The van der Waals surface area contributed by atoms with Crippen LogP contribution in [-0.2, 0) is 27.4 Å². The summed E-state index contributed by atoms with van der Waals surface area (Å²) in [6.45, 7) is 7.42. The fraction of sp³-hybridized carbons (Fsp3) is 0.476. The molecule has 0 saturated heterocycles. The van der Waals surface area contributed by atoms with Gasteiger partial charge in [-0.15, -0.1) is 0 Å². The summed E-state index contributed by atoms with van der Waals surface area (Å²) in [5, 5.41) is 14.2. The van der Waals surface area contributed by atoms with Gasteiger partial charge in [-0.2, -0.15) is 26.3 Å². The smallest absolute Gasteiger partial charge is 0.475 e. The van der Waals surface area contributed by atoms with Gasteiger partial charge in [-0.1, -0.05) is 6.07 Å². The Morgan fingerprint density at radius 3 is 2.11 bits per heavy atom. The Kier molecular flexibility index (Phi) is 11.7. The van der Waals surface area contributed by atoms with E-state index in [4.69, 9.17) is 33.9 Å². The molecule has 0 aromatic carbocycles. The van der Waals surface area contributed by atoms with Crippen molar-refractivity contribution in [3.05, 3.63) is 47.5 Å². The molecular weight excluding hydrogens is 504 g/mol. The highest BCUT2D eigenvalue weighted by atomic mass is 19.4. The summed E-state index contributed by atoms with van der Waals surface area (Å²) in [5.74, 6) is -4.41. The monoisotopic (exact) mass is 529 g/mol. The number of methoxy groups -OCH3 is 1. The topological polar surface area (TPSA) is 116 Å². The maximum atomic E-state index is 10.6. The summed E-state index contributed by atoms with van der Waals surface area (Å²) in [4.78, 5) is 27.3. The van der Waals surface area contributed by atoms with Crippen molar-refractivity contribution in [2.45, 2.75) is 32.4 Å². The number of aryl methyl sites for hydroxylation is 1. The Labute approximate surface area is 201 Å². The molecule has 3 heterocycles. The molecule has 2 aromatic heterocycles. The number of halogens is 6. The van der Waals surface area contributed by atoms with Crippen LogP contribution < -0.4 is 4.90 Å². The Hall–Kier alpha value is -3.33. The van der Waals surface area contributed by atoms with E-state index >= 15 is 0 Å². The number of aromatic nitrogens is 1. The van der Waals surface area contributed by atoms with Gasteiger partial charge < -0.3 is 24.3 Å². The zero-order valence-corrected chi connectivity index (χ0v) is 19.3. The standard InChI is InChI=1S/C17H23N3O2.2C2HF3O2/c1-14-3-4-16-12-19(11-15-5-9-22-13-15)6-7-20(8-10-21-2)17(16)18-14;2*3-2(4,5)1(6)7/h3-5,9,13H,6-8,10-12H2,1-2H3;2*(H,6,7). The maximum Gasteiger partial charge on any atom is 0.490 e. The highest BCUT2D eigenvalue weighted by Crippen LogP contribution is 2.24. The number of fused-ring (bicyclic) bond motifs is 1. The minimum Gasteiger partial charge on any atom is -0.475 e. The maximum absolute atomic E-state index is 10.6. The number of carbonyl (C=O) groups is 2. The highest BCUT2D eigenvalue weighted by Gasteiger charge is 2.38. The molecule has 0 fully saturated rings. The number of aliphatic carboxylic acids is 2. The zero-order chi connectivity index (χ0) is 27.5. The average molecular weight is 529 g/mol. The average Bonchev–Trinajstić information content (AvgIpc) is 3.21. The summed E-state index contributed by atoms with van der Waals surface area (Å²) < 4.78 is 73.9. The molecule has 1 aliphatic heterocycles. The van der Waals surface area contributed by atoms with E-state index in [9.17, 15) is 26.3 Å². The Bertz CT molecular complexity index is 942. The third-order valence-corrected chi connectivity index (χ3v) is 4.51. The second-order valence-electron chi connectivity index (χ2n) is 7.36. The van der Waals surface area contributed by atoms with E-state index < -0.39 is 24.3 Å². The SMILES string of the molecule is COCCN1CCN(Cc2ccoc2)Cc2ccc(C)nc21.O=C(O)C(F)(F)F.O=C(O)C(F)(F)F. The van der Waals surface area contributed by atoms with Gasteiger partial charge in [-0.05, 0) is 19.1 Å². The number of furan rings is 1. The molecule has 0 atom stereocenters. The van der Waals surface area contributed by atoms with Gasteiger partial charge in [0.05, 0.1) is 19.1 Å².